The molecule has 0 saturated heterocycles. The van der Waals surface area contributed by atoms with Crippen LogP contribution in [0.15, 0.2) is 54.6 Å². The quantitative estimate of drug-likeness (QED) is 0.534. The van der Waals surface area contributed by atoms with Crippen molar-refractivity contribution in [3.05, 3.63) is 65.2 Å². The molecule has 0 unspecified atom stereocenters. The van der Waals surface area contributed by atoms with E-state index in [1.54, 1.807) is 16.2 Å². The number of benzene rings is 2. The molecule has 29 heavy (non-hydrogen) atoms. The predicted molar refractivity (Wildman–Crippen MR) is 116 cm³/mol. The summed E-state index contributed by atoms with van der Waals surface area (Å²) in [6.07, 6.45) is 0.723. The second-order valence-electron chi connectivity index (χ2n) is 7.87. The number of carbonyl (C=O) groups is 2. The molecule has 0 aliphatic heterocycles. The molecule has 3 aromatic rings. The smallest absolute Gasteiger partial charge is 0.306 e. The fourth-order valence-corrected chi connectivity index (χ4v) is 3.96. The Morgan fingerprint density at radius 3 is 2.41 bits per heavy atom. The number of thiazole rings is 1. The van der Waals surface area contributed by atoms with Gasteiger partial charge in [-0.05, 0) is 38.5 Å². The average Bonchev–Trinajstić information content (AvgIpc) is 3.11. The topological polar surface area (TPSA) is 59.5 Å². The first-order valence-corrected chi connectivity index (χ1v) is 10.5. The van der Waals surface area contributed by atoms with Gasteiger partial charge >= 0.3 is 5.97 Å². The third-order valence-electron chi connectivity index (χ3n) is 4.53. The minimum Gasteiger partial charge on any atom is -0.456 e. The predicted octanol–water partition coefficient (Wildman–Crippen LogP) is 4.60. The Hall–Kier alpha value is -2.73. The highest BCUT2D eigenvalue weighted by Crippen LogP contribution is 2.22. The van der Waals surface area contributed by atoms with Crippen molar-refractivity contribution < 1.29 is 14.3 Å². The van der Waals surface area contributed by atoms with Crippen molar-refractivity contribution in [2.75, 3.05) is 6.61 Å². The third kappa shape index (κ3) is 5.87. The summed E-state index contributed by atoms with van der Waals surface area (Å²) in [6, 6.07) is 17.7. The van der Waals surface area contributed by atoms with Gasteiger partial charge in [0.1, 0.15) is 0 Å². The summed E-state index contributed by atoms with van der Waals surface area (Å²) in [7, 11) is 0. The van der Waals surface area contributed by atoms with E-state index in [4.69, 9.17) is 4.74 Å². The fourth-order valence-electron chi connectivity index (χ4n) is 2.99. The van der Waals surface area contributed by atoms with E-state index in [-0.39, 0.29) is 30.4 Å². The molecule has 6 heteroatoms. The van der Waals surface area contributed by atoms with E-state index in [9.17, 15) is 9.59 Å². The van der Waals surface area contributed by atoms with Crippen molar-refractivity contribution in [2.45, 2.75) is 45.7 Å². The number of rotatable bonds is 7. The Labute approximate surface area is 175 Å². The van der Waals surface area contributed by atoms with Crippen LogP contribution < -0.4 is 0 Å². The van der Waals surface area contributed by atoms with E-state index in [0.29, 0.717) is 13.0 Å². The van der Waals surface area contributed by atoms with Crippen LogP contribution in [-0.4, -0.2) is 33.9 Å². The largest absolute Gasteiger partial charge is 0.456 e. The van der Waals surface area contributed by atoms with Gasteiger partial charge in [-0.25, -0.2) is 4.98 Å². The summed E-state index contributed by atoms with van der Waals surface area (Å²) in [5.74, 6) is -0.583. The zero-order chi connectivity index (χ0) is 20.9. The van der Waals surface area contributed by atoms with Crippen molar-refractivity contribution in [1.29, 1.82) is 0 Å². The Morgan fingerprint density at radius 2 is 1.72 bits per heavy atom. The van der Waals surface area contributed by atoms with E-state index in [1.807, 2.05) is 75.4 Å². The standard InChI is InChI=1S/C23H26N2O3S/c1-23(2,3)25(15-17-9-5-4-6-10-17)21(26)16-28-22(27)14-13-20-24-18-11-7-8-12-19(18)29-20/h4-12H,13-16H2,1-3H3. The van der Waals surface area contributed by atoms with Gasteiger partial charge in [-0.3, -0.25) is 9.59 Å². The van der Waals surface area contributed by atoms with Crippen molar-refractivity contribution >= 4 is 33.4 Å². The van der Waals surface area contributed by atoms with E-state index in [2.05, 4.69) is 4.98 Å². The summed E-state index contributed by atoms with van der Waals surface area (Å²) in [4.78, 5) is 31.1. The van der Waals surface area contributed by atoms with Gasteiger partial charge in [-0.1, -0.05) is 42.5 Å². The third-order valence-corrected chi connectivity index (χ3v) is 5.63. The molecule has 1 aromatic heterocycles. The number of para-hydroxylation sites is 1. The second-order valence-corrected chi connectivity index (χ2v) is 8.99. The lowest BCUT2D eigenvalue weighted by Gasteiger charge is -2.35. The molecule has 1 heterocycles. The SMILES string of the molecule is CC(C)(C)N(Cc1ccccc1)C(=O)COC(=O)CCc1nc2ccccc2s1. The van der Waals surface area contributed by atoms with Gasteiger partial charge in [0.15, 0.2) is 6.61 Å². The second kappa shape index (κ2) is 9.18. The molecule has 0 N–H and O–H groups in total. The number of aryl methyl sites for hydroxylation is 1. The average molecular weight is 411 g/mol. The Kier molecular flexibility index (Phi) is 6.64. The molecule has 3 rings (SSSR count). The van der Waals surface area contributed by atoms with E-state index in [1.165, 1.54) is 0 Å². The highest BCUT2D eigenvalue weighted by molar-refractivity contribution is 7.18. The molecule has 152 valence electrons. The molecule has 0 radical (unpaired) electrons. The van der Waals surface area contributed by atoms with Gasteiger partial charge in [0.25, 0.3) is 5.91 Å². The van der Waals surface area contributed by atoms with Gasteiger partial charge in [-0.15, -0.1) is 11.3 Å². The van der Waals surface area contributed by atoms with Crippen LogP contribution in [0.4, 0.5) is 0 Å². The van der Waals surface area contributed by atoms with Crippen molar-refractivity contribution in [1.82, 2.24) is 9.88 Å². The molecular weight excluding hydrogens is 384 g/mol. The molecule has 0 bridgehead atoms. The number of fused-ring (bicyclic) bond motifs is 1. The first-order chi connectivity index (χ1) is 13.8. The van der Waals surface area contributed by atoms with Crippen molar-refractivity contribution in [3.8, 4) is 0 Å². The Morgan fingerprint density at radius 1 is 1.03 bits per heavy atom. The summed E-state index contributed by atoms with van der Waals surface area (Å²) in [5.41, 5.74) is 1.61. The maximum absolute atomic E-state index is 12.7. The van der Waals surface area contributed by atoms with Crippen LogP contribution in [-0.2, 0) is 27.3 Å². The molecule has 1 amide bonds. The van der Waals surface area contributed by atoms with Crippen LogP contribution in [0.5, 0.6) is 0 Å². The van der Waals surface area contributed by atoms with E-state index in [0.717, 1.165) is 20.8 Å². The number of ether oxygens (including phenoxy) is 1. The lowest BCUT2D eigenvalue weighted by Crippen LogP contribution is -2.46. The molecule has 0 spiro atoms. The molecular formula is C23H26N2O3S. The summed E-state index contributed by atoms with van der Waals surface area (Å²) >= 11 is 1.58. The molecule has 5 nitrogen and oxygen atoms in total. The lowest BCUT2D eigenvalue weighted by molar-refractivity contribution is -0.154. The molecule has 0 aliphatic carbocycles. The minimum absolute atomic E-state index is 0.199. The van der Waals surface area contributed by atoms with Gasteiger partial charge in [0, 0.05) is 18.5 Å². The van der Waals surface area contributed by atoms with Gasteiger partial charge in [0.2, 0.25) is 0 Å². The minimum atomic E-state index is -0.383. The van der Waals surface area contributed by atoms with Crippen molar-refractivity contribution in [3.63, 3.8) is 0 Å². The monoisotopic (exact) mass is 410 g/mol. The highest BCUT2D eigenvalue weighted by atomic mass is 32.1. The number of amides is 1. The Bertz CT molecular complexity index is 943. The maximum atomic E-state index is 12.7. The zero-order valence-electron chi connectivity index (χ0n) is 17.1. The fraction of sp³-hybridized carbons (Fsp3) is 0.348. The molecule has 2 aromatic carbocycles. The molecule has 0 fully saturated rings. The summed E-state index contributed by atoms with van der Waals surface area (Å²) in [6.45, 7) is 6.16. The molecule has 0 aliphatic rings. The van der Waals surface area contributed by atoms with Crippen LogP contribution in [0.2, 0.25) is 0 Å². The zero-order valence-corrected chi connectivity index (χ0v) is 17.9. The molecule has 0 saturated carbocycles. The van der Waals surface area contributed by atoms with Crippen LogP contribution >= 0.6 is 11.3 Å². The van der Waals surface area contributed by atoms with Crippen LogP contribution in [0, 0.1) is 0 Å². The number of esters is 1. The van der Waals surface area contributed by atoms with Crippen LogP contribution in [0.25, 0.3) is 10.2 Å². The highest BCUT2D eigenvalue weighted by Gasteiger charge is 2.27. The summed E-state index contributed by atoms with van der Waals surface area (Å²) < 4.78 is 6.36. The van der Waals surface area contributed by atoms with Crippen LogP contribution in [0.1, 0.15) is 37.8 Å². The van der Waals surface area contributed by atoms with E-state index < -0.39 is 0 Å². The number of carbonyl (C=O) groups excluding carboxylic acids is 2. The lowest BCUT2D eigenvalue weighted by atomic mass is 10.0. The number of aromatic nitrogens is 1. The van der Waals surface area contributed by atoms with Gasteiger partial charge in [0.05, 0.1) is 21.6 Å². The summed E-state index contributed by atoms with van der Waals surface area (Å²) in [5, 5.41) is 0.898. The first kappa shape index (κ1) is 21.0. The Balaban J connectivity index is 1.52. The van der Waals surface area contributed by atoms with Crippen molar-refractivity contribution in [2.24, 2.45) is 0 Å². The number of hydrogen-bond donors (Lipinski definition) is 0. The van der Waals surface area contributed by atoms with Gasteiger partial charge < -0.3 is 9.64 Å². The van der Waals surface area contributed by atoms with Crippen LogP contribution in [0.3, 0.4) is 0 Å². The number of hydrogen-bond acceptors (Lipinski definition) is 5. The maximum Gasteiger partial charge on any atom is 0.306 e. The number of nitrogens with zero attached hydrogens (tertiary/aromatic N) is 2. The molecule has 0 atom stereocenters. The van der Waals surface area contributed by atoms with E-state index >= 15 is 0 Å². The van der Waals surface area contributed by atoms with Gasteiger partial charge in [-0.2, -0.15) is 0 Å². The normalized spacial score (nSPS) is 11.4. The first-order valence-electron chi connectivity index (χ1n) is 9.67.